The lowest BCUT2D eigenvalue weighted by Crippen LogP contribution is -2.46. The molecule has 0 bridgehead atoms. The van der Waals surface area contributed by atoms with E-state index in [4.69, 9.17) is 14.2 Å². The van der Waals surface area contributed by atoms with Crippen LogP contribution in [-0.2, 0) is 30.3 Å². The average molecular weight is 478 g/mol. The van der Waals surface area contributed by atoms with Gasteiger partial charge in [-0.3, -0.25) is 4.79 Å². The summed E-state index contributed by atoms with van der Waals surface area (Å²) in [6.45, 7) is 9.15. The fourth-order valence-corrected chi connectivity index (χ4v) is 3.72. The number of nitrogens with one attached hydrogen (secondary N) is 3. The lowest BCUT2D eigenvalue weighted by Gasteiger charge is -2.23. The van der Waals surface area contributed by atoms with Crippen molar-refractivity contribution in [2.45, 2.75) is 52.8 Å². The molecule has 1 fully saturated rings. The van der Waals surface area contributed by atoms with Gasteiger partial charge in [-0.25, -0.2) is 14.4 Å². The van der Waals surface area contributed by atoms with Crippen LogP contribution in [0.1, 0.15) is 40.2 Å². The summed E-state index contributed by atoms with van der Waals surface area (Å²) in [5.41, 5.74) is 0.167. The molecule has 2 rings (SSSR count). The summed E-state index contributed by atoms with van der Waals surface area (Å²) >= 11 is 0. The Kier molecular flexibility index (Phi) is 9.70. The first-order chi connectivity index (χ1) is 16.1. The molecule has 0 unspecified atom stereocenters. The van der Waals surface area contributed by atoms with E-state index in [2.05, 4.69) is 16.0 Å². The maximum atomic E-state index is 12.7. The first-order valence-corrected chi connectivity index (χ1v) is 11.5. The van der Waals surface area contributed by atoms with Gasteiger partial charge in [0.2, 0.25) is 0 Å². The fraction of sp³-hybridized carbons (Fsp3) is 0.583. The molecule has 1 aromatic carbocycles. The Morgan fingerprint density at radius 3 is 2.21 bits per heavy atom. The summed E-state index contributed by atoms with van der Waals surface area (Å²) in [5, 5.41) is 8.02. The van der Waals surface area contributed by atoms with Crippen LogP contribution >= 0.6 is 0 Å². The van der Waals surface area contributed by atoms with Gasteiger partial charge in [0.15, 0.2) is 0 Å². The molecular formula is C24H35N3O7. The number of rotatable bonds is 10. The molecule has 1 aliphatic carbocycles. The van der Waals surface area contributed by atoms with Crippen LogP contribution in [0, 0.1) is 17.8 Å². The van der Waals surface area contributed by atoms with Crippen LogP contribution < -0.4 is 16.0 Å². The molecule has 188 valence electrons. The predicted octanol–water partition coefficient (Wildman–Crippen LogP) is 2.37. The van der Waals surface area contributed by atoms with Crippen LogP contribution in [0.2, 0.25) is 0 Å². The molecule has 1 aromatic rings. The second-order valence-electron chi connectivity index (χ2n) is 8.94. The Hall–Kier alpha value is -3.30. The van der Waals surface area contributed by atoms with Crippen molar-refractivity contribution in [1.29, 1.82) is 0 Å². The number of benzene rings is 1. The van der Waals surface area contributed by atoms with Crippen LogP contribution in [0.5, 0.6) is 0 Å². The highest BCUT2D eigenvalue weighted by Crippen LogP contribution is 2.49. The largest absolute Gasteiger partial charge is 0.466 e. The van der Waals surface area contributed by atoms with Gasteiger partial charge < -0.3 is 30.2 Å². The van der Waals surface area contributed by atoms with Crippen molar-refractivity contribution < 1.29 is 33.4 Å². The molecule has 0 heterocycles. The monoisotopic (exact) mass is 477 g/mol. The molecule has 4 atom stereocenters. The Balaban J connectivity index is 2.06. The third-order valence-corrected chi connectivity index (χ3v) is 5.18. The summed E-state index contributed by atoms with van der Waals surface area (Å²) in [6, 6.07) is 7.88. The van der Waals surface area contributed by atoms with Crippen molar-refractivity contribution in [2.24, 2.45) is 17.8 Å². The van der Waals surface area contributed by atoms with Crippen molar-refractivity contribution in [1.82, 2.24) is 16.0 Å². The van der Waals surface area contributed by atoms with Gasteiger partial charge in [-0.15, -0.1) is 0 Å². The molecule has 10 heteroatoms. The number of carbonyl (C=O) groups excluding carboxylic acids is 4. The Labute approximate surface area is 200 Å². The van der Waals surface area contributed by atoms with Crippen molar-refractivity contribution >= 4 is 24.1 Å². The van der Waals surface area contributed by atoms with Crippen molar-refractivity contribution in [2.75, 3.05) is 19.8 Å². The second kappa shape index (κ2) is 12.2. The molecule has 1 aliphatic rings. The predicted molar refractivity (Wildman–Crippen MR) is 124 cm³/mol. The minimum absolute atomic E-state index is 0.104. The maximum absolute atomic E-state index is 12.7. The zero-order chi connectivity index (χ0) is 25.3. The number of esters is 2. The van der Waals surface area contributed by atoms with E-state index in [1.54, 1.807) is 34.6 Å². The summed E-state index contributed by atoms with van der Waals surface area (Å²) in [4.78, 5) is 49.8. The van der Waals surface area contributed by atoms with Crippen LogP contribution in [-0.4, -0.2) is 55.5 Å². The molecule has 0 aliphatic heterocycles. The van der Waals surface area contributed by atoms with E-state index in [0.29, 0.717) is 6.54 Å². The highest BCUT2D eigenvalue weighted by molar-refractivity contribution is 5.86. The third kappa shape index (κ3) is 8.24. The minimum atomic E-state index is -1.12. The van der Waals surface area contributed by atoms with E-state index in [0.717, 1.165) is 5.56 Å². The number of hydrogen-bond acceptors (Lipinski definition) is 7. The Morgan fingerprint density at radius 1 is 0.971 bits per heavy atom. The molecular weight excluding hydrogens is 442 g/mol. The smallest absolute Gasteiger partial charge is 0.408 e. The van der Waals surface area contributed by atoms with E-state index in [1.807, 2.05) is 30.3 Å². The average Bonchev–Trinajstić information content (AvgIpc) is 3.48. The molecule has 1 saturated carbocycles. The van der Waals surface area contributed by atoms with Gasteiger partial charge in [-0.05, 0) is 46.1 Å². The standard InChI is InChI=1S/C24H35N3O7/c1-6-32-20(28)18-16(14-26-22(30)25-13-15-11-9-8-10-12-15)17(18)19(21(29)33-7-2)27-23(31)34-24(3,4)5/h8-12,16-19H,6-7,13-14H2,1-5H3,(H,27,31)(H2,25,26,30)/t16-,17+,18+,19+/m0/s1. The normalized spacial score (nSPS) is 19.9. The van der Waals surface area contributed by atoms with E-state index >= 15 is 0 Å². The van der Waals surface area contributed by atoms with Crippen molar-refractivity contribution in [3.05, 3.63) is 35.9 Å². The highest BCUT2D eigenvalue weighted by atomic mass is 16.6. The minimum Gasteiger partial charge on any atom is -0.466 e. The Morgan fingerprint density at radius 2 is 1.62 bits per heavy atom. The highest BCUT2D eigenvalue weighted by Gasteiger charge is 2.61. The second-order valence-corrected chi connectivity index (χ2v) is 8.94. The van der Waals surface area contributed by atoms with Crippen molar-refractivity contribution in [3.8, 4) is 0 Å². The van der Waals surface area contributed by atoms with E-state index in [9.17, 15) is 19.2 Å². The van der Waals surface area contributed by atoms with Gasteiger partial charge in [0.1, 0.15) is 11.6 Å². The molecule has 0 spiro atoms. The zero-order valence-corrected chi connectivity index (χ0v) is 20.4. The molecule has 3 amide bonds. The van der Waals surface area contributed by atoms with Crippen LogP contribution in [0.4, 0.5) is 9.59 Å². The summed E-state index contributed by atoms with van der Waals surface area (Å²) in [7, 11) is 0. The SMILES string of the molecule is CCOC(=O)[C@@H]1[C@@H](CNC(=O)NCc2ccccc2)[C@H]1[C@@H](NC(=O)OC(C)(C)C)C(=O)OCC. The lowest BCUT2D eigenvalue weighted by molar-refractivity contribution is -0.147. The van der Waals surface area contributed by atoms with E-state index in [-0.39, 0.29) is 19.8 Å². The molecule has 0 radical (unpaired) electrons. The van der Waals surface area contributed by atoms with E-state index in [1.165, 1.54) is 0 Å². The maximum Gasteiger partial charge on any atom is 0.408 e. The third-order valence-electron chi connectivity index (χ3n) is 5.18. The number of carbonyl (C=O) groups is 4. The molecule has 10 nitrogen and oxygen atoms in total. The molecule has 0 aromatic heterocycles. The lowest BCUT2D eigenvalue weighted by atomic mass is 10.1. The Bertz CT molecular complexity index is 854. The van der Waals surface area contributed by atoms with Gasteiger partial charge in [-0.1, -0.05) is 30.3 Å². The molecule has 3 N–H and O–H groups in total. The van der Waals surface area contributed by atoms with E-state index < -0.39 is 53.5 Å². The number of hydrogen-bond donors (Lipinski definition) is 3. The van der Waals surface area contributed by atoms with Crippen molar-refractivity contribution in [3.63, 3.8) is 0 Å². The first kappa shape index (κ1) is 26.9. The van der Waals surface area contributed by atoms with Gasteiger partial charge >= 0.3 is 24.1 Å². The van der Waals surface area contributed by atoms with Crippen LogP contribution in [0.3, 0.4) is 0 Å². The topological polar surface area (TPSA) is 132 Å². The number of amides is 3. The summed E-state index contributed by atoms with van der Waals surface area (Å²) in [6.07, 6.45) is -0.799. The van der Waals surface area contributed by atoms with Gasteiger partial charge in [0, 0.05) is 19.0 Å². The first-order valence-electron chi connectivity index (χ1n) is 11.5. The van der Waals surface area contributed by atoms with Gasteiger partial charge in [-0.2, -0.15) is 0 Å². The summed E-state index contributed by atoms with van der Waals surface area (Å²) in [5.74, 6) is -2.89. The summed E-state index contributed by atoms with van der Waals surface area (Å²) < 4.78 is 15.5. The number of urea groups is 1. The number of ether oxygens (including phenoxy) is 3. The number of alkyl carbamates (subject to hydrolysis) is 1. The quantitative estimate of drug-likeness (QED) is 0.348. The van der Waals surface area contributed by atoms with Crippen LogP contribution in [0.25, 0.3) is 0 Å². The van der Waals surface area contributed by atoms with Gasteiger partial charge in [0.25, 0.3) is 0 Å². The van der Waals surface area contributed by atoms with Crippen LogP contribution in [0.15, 0.2) is 30.3 Å². The molecule has 34 heavy (non-hydrogen) atoms. The molecule has 0 saturated heterocycles. The zero-order valence-electron chi connectivity index (χ0n) is 20.4. The fourth-order valence-electron chi connectivity index (χ4n) is 3.72. The van der Waals surface area contributed by atoms with Gasteiger partial charge in [0.05, 0.1) is 19.1 Å².